The maximum atomic E-state index is 12.3. The largest absolute Gasteiger partial charge is 0.456 e. The van der Waals surface area contributed by atoms with Gasteiger partial charge in [0.05, 0.1) is 6.20 Å². The van der Waals surface area contributed by atoms with Gasteiger partial charge in [-0.15, -0.1) is 0 Å². The van der Waals surface area contributed by atoms with Crippen LogP contribution in [0.15, 0.2) is 42.7 Å². The van der Waals surface area contributed by atoms with E-state index in [1.807, 2.05) is 30.5 Å². The molecule has 0 bridgehead atoms. The molecule has 4 N–H and O–H groups in total. The van der Waals surface area contributed by atoms with E-state index >= 15 is 0 Å². The molecule has 8 nitrogen and oxygen atoms in total. The van der Waals surface area contributed by atoms with Gasteiger partial charge in [-0.05, 0) is 55.8 Å². The number of pyridine rings is 1. The Labute approximate surface area is 168 Å². The quantitative estimate of drug-likeness (QED) is 0.457. The molecule has 0 aliphatic carbocycles. The van der Waals surface area contributed by atoms with Crippen molar-refractivity contribution in [3.63, 3.8) is 0 Å². The Hall–Kier alpha value is -3.39. The predicted molar refractivity (Wildman–Crippen MR) is 111 cm³/mol. The Morgan fingerprint density at radius 2 is 2.03 bits per heavy atom. The SMILES string of the molecule is CN(C(=N)N)C(=O)c1cc2ccc(Oc3cncc(CN4CCCC4)c3)cc2[nH]1. The monoisotopic (exact) mass is 392 g/mol. The van der Waals surface area contributed by atoms with E-state index < -0.39 is 0 Å². The van der Waals surface area contributed by atoms with Gasteiger partial charge in [0.15, 0.2) is 5.96 Å². The molecule has 0 radical (unpaired) electrons. The number of guanidine groups is 1. The fourth-order valence-corrected chi connectivity index (χ4v) is 3.52. The van der Waals surface area contributed by atoms with Crippen LogP contribution in [-0.4, -0.2) is 51.8 Å². The molecule has 2 aromatic heterocycles. The number of benzene rings is 1. The maximum absolute atomic E-state index is 12.3. The number of likely N-dealkylation sites (tertiary alicyclic amines) is 1. The van der Waals surface area contributed by atoms with Gasteiger partial charge in [-0.1, -0.05) is 0 Å². The summed E-state index contributed by atoms with van der Waals surface area (Å²) in [6.07, 6.45) is 6.09. The summed E-state index contributed by atoms with van der Waals surface area (Å²) in [5.41, 5.74) is 7.65. The first-order chi connectivity index (χ1) is 14.0. The number of amides is 1. The average molecular weight is 392 g/mol. The highest BCUT2D eigenvalue weighted by Crippen LogP contribution is 2.27. The van der Waals surface area contributed by atoms with Crippen molar-refractivity contribution >= 4 is 22.8 Å². The van der Waals surface area contributed by atoms with E-state index in [2.05, 4.69) is 14.9 Å². The lowest BCUT2D eigenvalue weighted by atomic mass is 10.2. The van der Waals surface area contributed by atoms with Gasteiger partial charge in [0.25, 0.3) is 5.91 Å². The van der Waals surface area contributed by atoms with Crippen molar-refractivity contribution in [1.82, 2.24) is 19.8 Å². The van der Waals surface area contributed by atoms with E-state index in [1.165, 1.54) is 19.9 Å². The Morgan fingerprint density at radius 3 is 2.79 bits per heavy atom. The maximum Gasteiger partial charge on any atom is 0.276 e. The van der Waals surface area contributed by atoms with Gasteiger partial charge >= 0.3 is 0 Å². The van der Waals surface area contributed by atoms with E-state index in [0.717, 1.165) is 41.0 Å². The molecular weight excluding hydrogens is 368 g/mol. The second kappa shape index (κ2) is 7.92. The van der Waals surface area contributed by atoms with Crippen LogP contribution in [0, 0.1) is 5.41 Å². The van der Waals surface area contributed by atoms with Crippen LogP contribution in [0.1, 0.15) is 28.9 Å². The zero-order valence-electron chi connectivity index (χ0n) is 16.3. The van der Waals surface area contributed by atoms with E-state index in [9.17, 15) is 4.79 Å². The zero-order chi connectivity index (χ0) is 20.4. The fraction of sp³-hybridized carbons (Fsp3) is 0.286. The first-order valence-corrected chi connectivity index (χ1v) is 9.58. The van der Waals surface area contributed by atoms with Gasteiger partial charge in [0.1, 0.15) is 17.2 Å². The van der Waals surface area contributed by atoms with Gasteiger partial charge in [-0.3, -0.25) is 25.0 Å². The minimum absolute atomic E-state index is 0.306. The molecule has 29 heavy (non-hydrogen) atoms. The molecule has 1 saturated heterocycles. The molecule has 0 spiro atoms. The summed E-state index contributed by atoms with van der Waals surface area (Å²) in [4.78, 5) is 23.2. The van der Waals surface area contributed by atoms with Crippen LogP contribution < -0.4 is 10.5 Å². The van der Waals surface area contributed by atoms with Crippen LogP contribution in [-0.2, 0) is 6.54 Å². The van der Waals surface area contributed by atoms with Gasteiger partial charge in [0.2, 0.25) is 0 Å². The van der Waals surface area contributed by atoms with Crippen LogP contribution in [0.5, 0.6) is 11.5 Å². The lowest BCUT2D eigenvalue weighted by Gasteiger charge is -2.14. The molecule has 1 aliphatic heterocycles. The van der Waals surface area contributed by atoms with Crippen LogP contribution in [0.3, 0.4) is 0 Å². The highest BCUT2D eigenvalue weighted by Gasteiger charge is 2.17. The van der Waals surface area contributed by atoms with Crippen LogP contribution in [0.2, 0.25) is 0 Å². The minimum atomic E-state index is -0.366. The summed E-state index contributed by atoms with van der Waals surface area (Å²) < 4.78 is 6.00. The van der Waals surface area contributed by atoms with E-state index in [0.29, 0.717) is 17.2 Å². The summed E-state index contributed by atoms with van der Waals surface area (Å²) in [6.45, 7) is 3.15. The van der Waals surface area contributed by atoms with Crippen molar-refractivity contribution in [2.45, 2.75) is 19.4 Å². The summed E-state index contributed by atoms with van der Waals surface area (Å²) in [5.74, 6) is 0.660. The van der Waals surface area contributed by atoms with Crippen molar-refractivity contribution in [3.8, 4) is 11.5 Å². The second-order valence-corrected chi connectivity index (χ2v) is 7.30. The smallest absolute Gasteiger partial charge is 0.276 e. The Bertz CT molecular complexity index is 1050. The number of aromatic nitrogens is 2. The topological polar surface area (TPSA) is 111 Å². The van der Waals surface area contributed by atoms with E-state index in [4.69, 9.17) is 15.9 Å². The molecule has 1 fully saturated rings. The number of hydrogen-bond donors (Lipinski definition) is 3. The zero-order valence-corrected chi connectivity index (χ0v) is 16.3. The molecular formula is C21H24N6O2. The summed E-state index contributed by atoms with van der Waals surface area (Å²) in [7, 11) is 1.47. The lowest BCUT2D eigenvalue weighted by molar-refractivity contribution is 0.0864. The van der Waals surface area contributed by atoms with E-state index in [-0.39, 0.29) is 11.9 Å². The number of nitrogens with one attached hydrogen (secondary N) is 2. The number of H-pyrrole nitrogens is 1. The third-order valence-electron chi connectivity index (χ3n) is 5.10. The van der Waals surface area contributed by atoms with Crippen molar-refractivity contribution in [3.05, 3.63) is 54.0 Å². The number of nitrogens with two attached hydrogens (primary N) is 1. The third-order valence-corrected chi connectivity index (χ3v) is 5.10. The molecule has 1 amide bonds. The molecule has 4 rings (SSSR count). The molecule has 1 aliphatic rings. The standard InChI is InChI=1S/C21H24N6O2/c1-26(21(22)23)20(28)19-9-15-4-5-16(10-18(15)25-19)29-17-8-14(11-24-12-17)13-27-6-2-3-7-27/h4-5,8-12,25H,2-3,6-7,13H2,1H3,(H3,22,23). The van der Waals surface area contributed by atoms with Crippen molar-refractivity contribution in [2.75, 3.05) is 20.1 Å². The number of carbonyl (C=O) groups is 1. The predicted octanol–water partition coefficient (Wildman–Crippen LogP) is 2.92. The number of carbonyl (C=O) groups excluding carboxylic acids is 1. The van der Waals surface area contributed by atoms with E-state index in [1.54, 1.807) is 12.3 Å². The first-order valence-electron chi connectivity index (χ1n) is 9.58. The Balaban J connectivity index is 1.51. The average Bonchev–Trinajstić information content (AvgIpc) is 3.36. The number of hydrogen-bond acceptors (Lipinski definition) is 5. The van der Waals surface area contributed by atoms with Gasteiger partial charge < -0.3 is 15.5 Å². The molecule has 1 aromatic carbocycles. The van der Waals surface area contributed by atoms with Crippen LogP contribution >= 0.6 is 0 Å². The number of fused-ring (bicyclic) bond motifs is 1. The molecule has 0 atom stereocenters. The number of aromatic amines is 1. The molecule has 3 heterocycles. The number of nitrogens with zero attached hydrogens (tertiary/aromatic N) is 3. The Kier molecular flexibility index (Phi) is 5.18. The first kappa shape index (κ1) is 18.9. The summed E-state index contributed by atoms with van der Waals surface area (Å²) >= 11 is 0. The minimum Gasteiger partial charge on any atom is -0.456 e. The van der Waals surface area contributed by atoms with Crippen LogP contribution in [0.4, 0.5) is 0 Å². The highest BCUT2D eigenvalue weighted by molar-refractivity contribution is 6.05. The summed E-state index contributed by atoms with van der Waals surface area (Å²) in [5, 5.41) is 8.28. The molecule has 3 aromatic rings. The van der Waals surface area contributed by atoms with Crippen molar-refractivity contribution in [1.29, 1.82) is 5.41 Å². The van der Waals surface area contributed by atoms with Gasteiger partial charge in [-0.2, -0.15) is 0 Å². The molecule has 0 saturated carbocycles. The Morgan fingerprint density at radius 1 is 1.24 bits per heavy atom. The van der Waals surface area contributed by atoms with Gasteiger partial charge in [-0.25, -0.2) is 0 Å². The molecule has 0 unspecified atom stereocenters. The van der Waals surface area contributed by atoms with Crippen molar-refractivity contribution in [2.24, 2.45) is 5.73 Å². The lowest BCUT2D eigenvalue weighted by Crippen LogP contribution is -2.38. The fourth-order valence-electron chi connectivity index (χ4n) is 3.52. The van der Waals surface area contributed by atoms with Crippen LogP contribution in [0.25, 0.3) is 10.9 Å². The molecule has 8 heteroatoms. The normalized spacial score (nSPS) is 14.2. The number of rotatable bonds is 5. The highest BCUT2D eigenvalue weighted by atomic mass is 16.5. The van der Waals surface area contributed by atoms with Crippen molar-refractivity contribution < 1.29 is 9.53 Å². The number of ether oxygens (including phenoxy) is 1. The van der Waals surface area contributed by atoms with Gasteiger partial charge in [0, 0.05) is 36.8 Å². The molecule has 150 valence electrons. The summed E-state index contributed by atoms with van der Waals surface area (Å²) in [6, 6.07) is 9.33. The third kappa shape index (κ3) is 4.22. The second-order valence-electron chi connectivity index (χ2n) is 7.30.